The fourth-order valence-corrected chi connectivity index (χ4v) is 2.57. The van der Waals surface area contributed by atoms with Gasteiger partial charge >= 0.3 is 0 Å². The highest BCUT2D eigenvalue weighted by Crippen LogP contribution is 2.13. The van der Waals surface area contributed by atoms with E-state index in [1.165, 1.54) is 0 Å². The Morgan fingerprint density at radius 2 is 2.04 bits per heavy atom. The minimum atomic E-state index is -0.240. The molecule has 122 valence electrons. The molecule has 0 aliphatic heterocycles. The topological polar surface area (TPSA) is 53.9 Å². The Bertz CT molecular complexity index is 663. The maximum atomic E-state index is 12.0. The number of nitrogens with one attached hydrogen (secondary N) is 1. The van der Waals surface area contributed by atoms with E-state index in [4.69, 9.17) is 4.74 Å². The minimum Gasteiger partial charge on any atom is -0.492 e. The number of likely N-dealkylation sites (N-methyl/N-ethyl adjacent to an activating group) is 1. The molecule has 6 heteroatoms. The summed E-state index contributed by atoms with van der Waals surface area (Å²) in [5.41, 5.74) is 4.22. The summed E-state index contributed by atoms with van der Waals surface area (Å²) in [7, 11) is 3.99. The van der Waals surface area contributed by atoms with Crippen molar-refractivity contribution in [1.29, 1.82) is 0 Å². The summed E-state index contributed by atoms with van der Waals surface area (Å²) in [6, 6.07) is 9.05. The minimum absolute atomic E-state index is 0.240. The third-order valence-electron chi connectivity index (χ3n) is 3.17. The number of ether oxygens (including phenoxy) is 1. The van der Waals surface area contributed by atoms with E-state index >= 15 is 0 Å². The van der Waals surface area contributed by atoms with Crippen LogP contribution in [-0.2, 0) is 0 Å². The van der Waals surface area contributed by atoms with E-state index in [1.807, 2.05) is 32.5 Å². The largest absolute Gasteiger partial charge is 0.492 e. The summed E-state index contributed by atoms with van der Waals surface area (Å²) >= 11 is 1.59. The normalized spacial score (nSPS) is 11.1. The molecule has 1 aromatic heterocycles. The monoisotopic (exact) mass is 331 g/mol. The predicted molar refractivity (Wildman–Crippen MR) is 94.6 cm³/mol. The van der Waals surface area contributed by atoms with E-state index in [0.717, 1.165) is 22.7 Å². The fourth-order valence-electron chi connectivity index (χ4n) is 1.78. The third-order valence-corrected chi connectivity index (χ3v) is 4.13. The number of rotatable bonds is 7. The molecule has 0 saturated carbocycles. The van der Waals surface area contributed by atoms with Crippen LogP contribution < -0.4 is 10.2 Å². The van der Waals surface area contributed by atoms with Crippen molar-refractivity contribution in [2.45, 2.75) is 6.92 Å². The van der Waals surface area contributed by atoms with E-state index in [0.29, 0.717) is 12.2 Å². The first-order valence-corrected chi connectivity index (χ1v) is 8.19. The Kier molecular flexibility index (Phi) is 6.31. The number of hydrogen-bond donors (Lipinski definition) is 1. The third kappa shape index (κ3) is 5.50. The number of nitrogens with zero attached hydrogens (tertiary/aromatic N) is 2. The number of hydrazone groups is 1. The van der Waals surface area contributed by atoms with Gasteiger partial charge in [-0.1, -0.05) is 0 Å². The summed E-state index contributed by atoms with van der Waals surface area (Å²) in [4.78, 5) is 15.1. The van der Waals surface area contributed by atoms with Gasteiger partial charge in [-0.15, -0.1) is 11.3 Å². The van der Waals surface area contributed by atoms with Gasteiger partial charge in [0.2, 0.25) is 0 Å². The lowest BCUT2D eigenvalue weighted by Crippen LogP contribution is -2.19. The molecule has 0 spiro atoms. The lowest BCUT2D eigenvalue weighted by Gasteiger charge is -2.11. The number of hydrogen-bond acceptors (Lipinski definition) is 5. The lowest BCUT2D eigenvalue weighted by atomic mass is 10.2. The van der Waals surface area contributed by atoms with Crippen LogP contribution in [0.25, 0.3) is 0 Å². The molecule has 1 N–H and O–H groups in total. The van der Waals surface area contributed by atoms with Gasteiger partial charge in [-0.25, -0.2) is 5.43 Å². The summed E-state index contributed by atoms with van der Waals surface area (Å²) in [6.45, 7) is 3.47. The average molecular weight is 331 g/mol. The van der Waals surface area contributed by atoms with Crippen LogP contribution in [0, 0.1) is 6.92 Å². The van der Waals surface area contributed by atoms with Crippen molar-refractivity contribution in [2.24, 2.45) is 5.10 Å². The molecule has 1 amide bonds. The number of amides is 1. The second kappa shape index (κ2) is 8.45. The van der Waals surface area contributed by atoms with E-state index < -0.39 is 0 Å². The van der Waals surface area contributed by atoms with E-state index in [2.05, 4.69) is 15.4 Å². The van der Waals surface area contributed by atoms with Crippen molar-refractivity contribution >= 4 is 23.5 Å². The van der Waals surface area contributed by atoms with Crippen LogP contribution >= 0.6 is 11.3 Å². The van der Waals surface area contributed by atoms with Crippen molar-refractivity contribution in [3.63, 3.8) is 0 Å². The van der Waals surface area contributed by atoms with Crippen molar-refractivity contribution in [3.8, 4) is 5.75 Å². The van der Waals surface area contributed by atoms with Gasteiger partial charge in [0, 0.05) is 17.0 Å². The standard InChI is InChI=1S/C17H21N3O2S/c1-13-8-11-23-16(13)12-18-19-17(21)14-4-6-15(7-5-14)22-10-9-20(2)3/h4-8,11-12H,9-10H2,1-3H3,(H,19,21)/b18-12+. The highest BCUT2D eigenvalue weighted by Gasteiger charge is 2.04. The lowest BCUT2D eigenvalue weighted by molar-refractivity contribution is 0.0955. The van der Waals surface area contributed by atoms with Gasteiger partial charge in [-0.3, -0.25) is 4.79 Å². The van der Waals surface area contributed by atoms with Crippen LogP contribution in [0.4, 0.5) is 0 Å². The molecule has 0 unspecified atom stereocenters. The van der Waals surface area contributed by atoms with Gasteiger partial charge in [-0.2, -0.15) is 5.10 Å². The molecular weight excluding hydrogens is 310 g/mol. The molecule has 1 heterocycles. The molecule has 5 nitrogen and oxygen atoms in total. The van der Waals surface area contributed by atoms with Gasteiger partial charge in [-0.05, 0) is 62.3 Å². The van der Waals surface area contributed by atoms with Crippen molar-refractivity contribution in [3.05, 3.63) is 51.7 Å². The zero-order chi connectivity index (χ0) is 16.7. The second-order valence-electron chi connectivity index (χ2n) is 5.34. The Hall–Kier alpha value is -2.18. The van der Waals surface area contributed by atoms with Crippen LogP contribution in [-0.4, -0.2) is 44.3 Å². The van der Waals surface area contributed by atoms with Gasteiger partial charge < -0.3 is 9.64 Å². The van der Waals surface area contributed by atoms with E-state index in [9.17, 15) is 4.79 Å². The first-order valence-electron chi connectivity index (χ1n) is 7.31. The molecule has 0 aliphatic carbocycles. The molecule has 0 bridgehead atoms. The highest BCUT2D eigenvalue weighted by molar-refractivity contribution is 7.11. The summed E-state index contributed by atoms with van der Waals surface area (Å²) < 4.78 is 5.59. The zero-order valence-corrected chi connectivity index (χ0v) is 14.4. The molecule has 0 fully saturated rings. The molecule has 0 aliphatic rings. The molecule has 23 heavy (non-hydrogen) atoms. The number of carbonyl (C=O) groups is 1. The van der Waals surface area contributed by atoms with Crippen LogP contribution in [0.2, 0.25) is 0 Å². The van der Waals surface area contributed by atoms with Gasteiger partial charge in [0.1, 0.15) is 12.4 Å². The van der Waals surface area contributed by atoms with Gasteiger partial charge in [0.05, 0.1) is 6.21 Å². The molecular formula is C17H21N3O2S. The number of benzene rings is 1. The predicted octanol–water partition coefficient (Wildman–Crippen LogP) is 2.76. The van der Waals surface area contributed by atoms with Crippen molar-refractivity contribution < 1.29 is 9.53 Å². The number of aryl methyl sites for hydroxylation is 1. The van der Waals surface area contributed by atoms with Gasteiger partial charge in [0.25, 0.3) is 5.91 Å². The molecule has 0 radical (unpaired) electrons. The summed E-state index contributed by atoms with van der Waals surface area (Å²) in [5, 5.41) is 5.99. The van der Waals surface area contributed by atoms with Crippen LogP contribution in [0.3, 0.4) is 0 Å². The summed E-state index contributed by atoms with van der Waals surface area (Å²) in [6.07, 6.45) is 1.66. The number of carbonyl (C=O) groups excluding carboxylic acids is 1. The molecule has 0 atom stereocenters. The Labute approximate surface area is 140 Å². The van der Waals surface area contributed by atoms with Crippen LogP contribution in [0.5, 0.6) is 5.75 Å². The van der Waals surface area contributed by atoms with Crippen molar-refractivity contribution in [2.75, 3.05) is 27.2 Å². The Morgan fingerprint density at radius 3 is 2.65 bits per heavy atom. The molecule has 2 rings (SSSR count). The molecule has 1 aromatic carbocycles. The van der Waals surface area contributed by atoms with Crippen LogP contribution in [0.1, 0.15) is 20.8 Å². The maximum Gasteiger partial charge on any atom is 0.271 e. The SMILES string of the molecule is Cc1ccsc1/C=N/NC(=O)c1ccc(OCCN(C)C)cc1. The zero-order valence-electron chi connectivity index (χ0n) is 13.6. The van der Waals surface area contributed by atoms with E-state index in [-0.39, 0.29) is 5.91 Å². The Morgan fingerprint density at radius 1 is 1.30 bits per heavy atom. The average Bonchev–Trinajstić information content (AvgIpc) is 2.93. The quantitative estimate of drug-likeness (QED) is 0.627. The maximum absolute atomic E-state index is 12.0. The van der Waals surface area contributed by atoms with E-state index in [1.54, 1.807) is 41.8 Å². The van der Waals surface area contributed by atoms with Gasteiger partial charge in [0.15, 0.2) is 0 Å². The number of thiophene rings is 1. The first kappa shape index (κ1) is 17.2. The van der Waals surface area contributed by atoms with Crippen molar-refractivity contribution in [1.82, 2.24) is 10.3 Å². The highest BCUT2D eigenvalue weighted by atomic mass is 32.1. The Balaban J connectivity index is 1.85. The fraction of sp³-hybridized carbons (Fsp3) is 0.294. The second-order valence-corrected chi connectivity index (χ2v) is 6.29. The van der Waals surface area contributed by atoms with Crippen LogP contribution in [0.15, 0.2) is 40.8 Å². The molecule has 2 aromatic rings. The smallest absolute Gasteiger partial charge is 0.271 e. The molecule has 0 saturated heterocycles. The first-order chi connectivity index (χ1) is 11.1. The summed E-state index contributed by atoms with van der Waals surface area (Å²) in [5.74, 6) is 0.511.